The van der Waals surface area contributed by atoms with Crippen molar-refractivity contribution in [3.05, 3.63) is 30.1 Å². The maximum atomic E-state index is 13.5. The van der Waals surface area contributed by atoms with E-state index >= 15 is 0 Å². The van der Waals surface area contributed by atoms with Crippen molar-refractivity contribution in [2.24, 2.45) is 5.41 Å². The number of hydrogen-bond acceptors (Lipinski definition) is 2. The first-order valence-corrected chi connectivity index (χ1v) is 8.28. The van der Waals surface area contributed by atoms with E-state index in [0.717, 1.165) is 25.3 Å². The summed E-state index contributed by atoms with van der Waals surface area (Å²) in [7, 11) is 0. The summed E-state index contributed by atoms with van der Waals surface area (Å²) < 4.78 is 13.5. The molecule has 1 aliphatic carbocycles. The summed E-state index contributed by atoms with van der Waals surface area (Å²) in [6.07, 6.45) is 5.19. The van der Waals surface area contributed by atoms with Crippen LogP contribution in [-0.4, -0.2) is 25.7 Å². The summed E-state index contributed by atoms with van der Waals surface area (Å²) in [6, 6.07) is 7.52. The molecule has 0 aliphatic heterocycles. The molecule has 1 saturated carbocycles. The zero-order valence-electron chi connectivity index (χ0n) is 13.7. The van der Waals surface area contributed by atoms with Crippen LogP contribution in [0.2, 0.25) is 0 Å². The Bertz CT molecular complexity index is 439. The fourth-order valence-electron chi connectivity index (χ4n) is 3.40. The molecular formula is C18H29FN2. The van der Waals surface area contributed by atoms with E-state index < -0.39 is 0 Å². The molecule has 0 spiro atoms. The zero-order chi connectivity index (χ0) is 15.3. The van der Waals surface area contributed by atoms with Gasteiger partial charge in [0.05, 0.1) is 0 Å². The Kier molecular flexibility index (Phi) is 5.63. The van der Waals surface area contributed by atoms with E-state index in [0.29, 0.717) is 11.5 Å². The highest BCUT2D eigenvalue weighted by molar-refractivity contribution is 5.46. The molecule has 21 heavy (non-hydrogen) atoms. The van der Waals surface area contributed by atoms with Gasteiger partial charge in [-0.05, 0) is 38.0 Å². The minimum atomic E-state index is -0.147. The topological polar surface area (TPSA) is 15.3 Å². The molecule has 0 heterocycles. The summed E-state index contributed by atoms with van der Waals surface area (Å²) in [5.41, 5.74) is 1.35. The second-order valence-corrected chi connectivity index (χ2v) is 6.74. The van der Waals surface area contributed by atoms with E-state index in [1.807, 2.05) is 6.07 Å². The van der Waals surface area contributed by atoms with Crippen LogP contribution in [0.15, 0.2) is 24.3 Å². The molecule has 2 nitrogen and oxygen atoms in total. The van der Waals surface area contributed by atoms with Gasteiger partial charge in [-0.1, -0.05) is 32.8 Å². The standard InChI is InChI=1S/C18H29FN2/c1-4-21(17-9-7-8-16(19)12-17)14-18(10-5-6-11-18)13-20-15(2)3/h7-9,12,15,20H,4-6,10-11,13-14H2,1-3H3. The van der Waals surface area contributed by atoms with E-state index in [2.05, 4.69) is 31.0 Å². The number of nitrogens with zero attached hydrogens (tertiary/aromatic N) is 1. The minimum absolute atomic E-state index is 0.147. The Hall–Kier alpha value is -1.09. The summed E-state index contributed by atoms with van der Waals surface area (Å²) in [5.74, 6) is -0.147. The second kappa shape index (κ2) is 7.26. The third kappa shape index (κ3) is 4.44. The largest absolute Gasteiger partial charge is 0.371 e. The molecule has 1 aromatic rings. The fourth-order valence-corrected chi connectivity index (χ4v) is 3.40. The number of benzene rings is 1. The predicted octanol–water partition coefficient (Wildman–Crippen LogP) is 4.21. The molecule has 1 fully saturated rings. The minimum Gasteiger partial charge on any atom is -0.371 e. The first kappa shape index (κ1) is 16.3. The SMILES string of the molecule is CCN(CC1(CNC(C)C)CCCC1)c1cccc(F)c1. The van der Waals surface area contributed by atoms with Gasteiger partial charge in [-0.15, -0.1) is 0 Å². The van der Waals surface area contributed by atoms with E-state index in [4.69, 9.17) is 0 Å². The van der Waals surface area contributed by atoms with E-state index in [9.17, 15) is 4.39 Å². The van der Waals surface area contributed by atoms with E-state index in [1.165, 1.54) is 31.7 Å². The molecular weight excluding hydrogens is 263 g/mol. The first-order valence-electron chi connectivity index (χ1n) is 8.28. The van der Waals surface area contributed by atoms with Gasteiger partial charge in [-0.25, -0.2) is 4.39 Å². The molecule has 3 heteroatoms. The lowest BCUT2D eigenvalue weighted by Gasteiger charge is -2.37. The van der Waals surface area contributed by atoms with Crippen LogP contribution >= 0.6 is 0 Å². The van der Waals surface area contributed by atoms with Crippen molar-refractivity contribution >= 4 is 5.69 Å². The lowest BCUT2D eigenvalue weighted by Crippen LogP contribution is -2.44. The lowest BCUT2D eigenvalue weighted by molar-refractivity contribution is 0.275. The average Bonchev–Trinajstić information content (AvgIpc) is 2.92. The summed E-state index contributed by atoms with van der Waals surface area (Å²) in [4.78, 5) is 2.33. The molecule has 0 atom stereocenters. The molecule has 0 radical (unpaired) electrons. The Balaban J connectivity index is 2.10. The van der Waals surface area contributed by atoms with Crippen molar-refractivity contribution in [2.75, 3.05) is 24.5 Å². The van der Waals surface area contributed by atoms with Crippen LogP contribution in [0, 0.1) is 11.2 Å². The average molecular weight is 292 g/mol. The van der Waals surface area contributed by atoms with Crippen molar-refractivity contribution in [1.82, 2.24) is 5.32 Å². The molecule has 0 amide bonds. The quantitative estimate of drug-likeness (QED) is 0.810. The van der Waals surface area contributed by atoms with Crippen molar-refractivity contribution in [1.29, 1.82) is 0 Å². The first-order chi connectivity index (χ1) is 10.0. The van der Waals surface area contributed by atoms with Crippen LogP contribution in [0.3, 0.4) is 0 Å². The second-order valence-electron chi connectivity index (χ2n) is 6.74. The summed E-state index contributed by atoms with van der Waals surface area (Å²) in [6.45, 7) is 9.57. The molecule has 0 bridgehead atoms. The maximum Gasteiger partial charge on any atom is 0.125 e. The highest BCUT2D eigenvalue weighted by atomic mass is 19.1. The summed E-state index contributed by atoms with van der Waals surface area (Å²) in [5, 5.41) is 3.62. The van der Waals surface area contributed by atoms with Gasteiger partial charge in [-0.3, -0.25) is 0 Å². The van der Waals surface area contributed by atoms with Gasteiger partial charge < -0.3 is 10.2 Å². The maximum absolute atomic E-state index is 13.5. The van der Waals surface area contributed by atoms with Gasteiger partial charge in [0.1, 0.15) is 5.82 Å². The summed E-state index contributed by atoms with van der Waals surface area (Å²) >= 11 is 0. The zero-order valence-corrected chi connectivity index (χ0v) is 13.7. The number of rotatable bonds is 7. The molecule has 0 aromatic heterocycles. The number of nitrogens with one attached hydrogen (secondary N) is 1. The van der Waals surface area contributed by atoms with Crippen LogP contribution in [0.25, 0.3) is 0 Å². The van der Waals surface area contributed by atoms with Gasteiger partial charge in [0.15, 0.2) is 0 Å². The molecule has 1 aromatic carbocycles. The van der Waals surface area contributed by atoms with Gasteiger partial charge in [0.2, 0.25) is 0 Å². The highest BCUT2D eigenvalue weighted by Crippen LogP contribution is 2.39. The fraction of sp³-hybridized carbons (Fsp3) is 0.667. The Morgan fingerprint density at radius 3 is 2.57 bits per heavy atom. The Labute approximate surface area is 128 Å². The van der Waals surface area contributed by atoms with Crippen LogP contribution < -0.4 is 10.2 Å². The lowest BCUT2D eigenvalue weighted by atomic mass is 9.85. The van der Waals surface area contributed by atoms with Gasteiger partial charge >= 0.3 is 0 Å². The smallest absolute Gasteiger partial charge is 0.125 e. The van der Waals surface area contributed by atoms with Crippen LogP contribution in [0.5, 0.6) is 0 Å². The number of halogens is 1. The van der Waals surface area contributed by atoms with Crippen molar-refractivity contribution in [3.63, 3.8) is 0 Å². The van der Waals surface area contributed by atoms with Gasteiger partial charge in [-0.2, -0.15) is 0 Å². The van der Waals surface area contributed by atoms with Crippen LogP contribution in [0.1, 0.15) is 46.5 Å². The predicted molar refractivity (Wildman–Crippen MR) is 88.3 cm³/mol. The van der Waals surface area contributed by atoms with E-state index in [-0.39, 0.29) is 5.82 Å². The third-order valence-electron chi connectivity index (χ3n) is 4.63. The number of hydrogen-bond donors (Lipinski definition) is 1. The van der Waals surface area contributed by atoms with Crippen molar-refractivity contribution < 1.29 is 4.39 Å². The molecule has 0 unspecified atom stereocenters. The molecule has 0 saturated heterocycles. The Morgan fingerprint density at radius 1 is 1.29 bits per heavy atom. The Morgan fingerprint density at radius 2 is 2.00 bits per heavy atom. The van der Waals surface area contributed by atoms with Crippen LogP contribution in [0.4, 0.5) is 10.1 Å². The van der Waals surface area contributed by atoms with Crippen molar-refractivity contribution in [2.45, 2.75) is 52.5 Å². The van der Waals surface area contributed by atoms with Crippen molar-refractivity contribution in [3.8, 4) is 0 Å². The molecule has 2 rings (SSSR count). The van der Waals surface area contributed by atoms with Gasteiger partial charge in [0.25, 0.3) is 0 Å². The molecule has 118 valence electrons. The third-order valence-corrected chi connectivity index (χ3v) is 4.63. The normalized spacial score (nSPS) is 17.4. The monoisotopic (exact) mass is 292 g/mol. The number of anilines is 1. The molecule has 1 N–H and O–H groups in total. The van der Waals surface area contributed by atoms with Gasteiger partial charge in [0, 0.05) is 36.8 Å². The van der Waals surface area contributed by atoms with E-state index in [1.54, 1.807) is 12.1 Å². The molecule has 1 aliphatic rings. The highest BCUT2D eigenvalue weighted by Gasteiger charge is 2.35. The van der Waals surface area contributed by atoms with Crippen LogP contribution in [-0.2, 0) is 0 Å².